The predicted octanol–water partition coefficient (Wildman–Crippen LogP) is 3.91. The average molecular weight is 348 g/mol. The maximum absolute atomic E-state index is 12.5. The molecule has 110 valence electrons. The normalized spacial score (nSPS) is 10.3. The summed E-state index contributed by atoms with van der Waals surface area (Å²) in [6.45, 7) is 5.92. The number of hydrogen-bond acceptors (Lipinski definition) is 3. The van der Waals surface area contributed by atoms with Crippen molar-refractivity contribution in [2.45, 2.75) is 20.8 Å². The number of hydrogen-bond donors (Lipinski definition) is 3. The van der Waals surface area contributed by atoms with Crippen LogP contribution in [0.5, 0.6) is 0 Å². The number of nitrogen functional groups attached to an aromatic ring is 1. The topological polar surface area (TPSA) is 67.2 Å². The number of nitrogens with one attached hydrogen (secondary N) is 2. The average Bonchev–Trinajstić information content (AvgIpc) is 2.42. The van der Waals surface area contributed by atoms with E-state index in [4.69, 9.17) is 5.84 Å². The fourth-order valence-electron chi connectivity index (χ4n) is 2.23. The highest BCUT2D eigenvalue weighted by molar-refractivity contribution is 9.10. The van der Waals surface area contributed by atoms with Crippen LogP contribution in [0.2, 0.25) is 0 Å². The van der Waals surface area contributed by atoms with Crippen molar-refractivity contribution in [3.05, 3.63) is 57.1 Å². The molecule has 4 N–H and O–H groups in total. The lowest BCUT2D eigenvalue weighted by Gasteiger charge is -2.14. The number of rotatable bonds is 3. The molecule has 0 saturated carbocycles. The zero-order valence-electron chi connectivity index (χ0n) is 12.3. The number of anilines is 2. The molecule has 0 unspecified atom stereocenters. The summed E-state index contributed by atoms with van der Waals surface area (Å²) in [5.41, 5.74) is 7.63. The van der Waals surface area contributed by atoms with E-state index in [2.05, 4.69) is 26.7 Å². The molecule has 2 aromatic rings. The molecule has 0 aliphatic rings. The Morgan fingerprint density at radius 1 is 1.10 bits per heavy atom. The summed E-state index contributed by atoms with van der Waals surface area (Å²) >= 11 is 3.49. The van der Waals surface area contributed by atoms with Gasteiger partial charge in [-0.3, -0.25) is 10.6 Å². The second-order valence-electron chi connectivity index (χ2n) is 5.09. The summed E-state index contributed by atoms with van der Waals surface area (Å²) in [5.74, 6) is 5.29. The van der Waals surface area contributed by atoms with Crippen LogP contribution in [0.1, 0.15) is 27.0 Å². The fourth-order valence-corrected chi connectivity index (χ4v) is 3.00. The van der Waals surface area contributed by atoms with E-state index in [1.165, 1.54) is 0 Å². The number of aryl methyl sites for hydroxylation is 3. The molecule has 2 rings (SSSR count). The van der Waals surface area contributed by atoms with Crippen molar-refractivity contribution in [1.82, 2.24) is 0 Å². The number of halogens is 1. The van der Waals surface area contributed by atoms with E-state index in [9.17, 15) is 4.79 Å². The van der Waals surface area contributed by atoms with Gasteiger partial charge in [-0.2, -0.15) is 0 Å². The lowest BCUT2D eigenvalue weighted by atomic mass is 10.1. The van der Waals surface area contributed by atoms with Crippen molar-refractivity contribution in [3.8, 4) is 0 Å². The van der Waals surface area contributed by atoms with E-state index in [1.807, 2.05) is 45.0 Å². The summed E-state index contributed by atoms with van der Waals surface area (Å²) < 4.78 is 0.864. The maximum atomic E-state index is 12.5. The smallest absolute Gasteiger partial charge is 0.257 e. The van der Waals surface area contributed by atoms with Gasteiger partial charge in [0.05, 0.1) is 16.9 Å². The third kappa shape index (κ3) is 3.43. The minimum Gasteiger partial charge on any atom is -0.323 e. The third-order valence-electron chi connectivity index (χ3n) is 3.25. The molecular weight excluding hydrogens is 330 g/mol. The highest BCUT2D eigenvalue weighted by Crippen LogP contribution is 2.29. The van der Waals surface area contributed by atoms with E-state index in [-0.39, 0.29) is 5.91 Å². The second kappa shape index (κ2) is 6.28. The summed E-state index contributed by atoms with van der Waals surface area (Å²) in [4.78, 5) is 12.5. The summed E-state index contributed by atoms with van der Waals surface area (Å²) in [6.07, 6.45) is 0. The quantitative estimate of drug-likeness (QED) is 0.582. The summed E-state index contributed by atoms with van der Waals surface area (Å²) in [5, 5.41) is 2.93. The van der Waals surface area contributed by atoms with Crippen molar-refractivity contribution in [2.24, 2.45) is 5.84 Å². The largest absolute Gasteiger partial charge is 0.323 e. The standard InChI is InChI=1S/C16H18BrN3O/c1-9-4-5-12(14(8-9)20-18)16(21)19-15-11(3)6-10(2)7-13(15)17/h4-8,20H,18H2,1-3H3,(H,19,21). The Morgan fingerprint density at radius 2 is 1.81 bits per heavy atom. The Bertz CT molecular complexity index is 675. The first kappa shape index (κ1) is 15.5. The van der Waals surface area contributed by atoms with Crippen LogP contribution < -0.4 is 16.6 Å². The third-order valence-corrected chi connectivity index (χ3v) is 3.87. The summed E-state index contributed by atoms with van der Waals surface area (Å²) in [7, 11) is 0. The van der Waals surface area contributed by atoms with Crippen LogP contribution in [-0.2, 0) is 0 Å². The van der Waals surface area contributed by atoms with Crippen LogP contribution in [0.25, 0.3) is 0 Å². The molecular formula is C16H18BrN3O. The number of carbonyl (C=O) groups excluding carboxylic acids is 1. The van der Waals surface area contributed by atoms with Crippen LogP contribution in [0.3, 0.4) is 0 Å². The highest BCUT2D eigenvalue weighted by atomic mass is 79.9. The molecule has 0 aliphatic heterocycles. The van der Waals surface area contributed by atoms with Crippen LogP contribution in [-0.4, -0.2) is 5.91 Å². The van der Waals surface area contributed by atoms with E-state index in [0.29, 0.717) is 11.3 Å². The first-order valence-electron chi connectivity index (χ1n) is 6.57. The van der Waals surface area contributed by atoms with Gasteiger partial charge in [0.2, 0.25) is 0 Å². The van der Waals surface area contributed by atoms with E-state index in [0.717, 1.165) is 26.9 Å². The van der Waals surface area contributed by atoms with Crippen LogP contribution >= 0.6 is 15.9 Å². The van der Waals surface area contributed by atoms with Gasteiger partial charge in [0.1, 0.15) is 0 Å². The molecule has 0 fully saturated rings. The number of benzene rings is 2. The van der Waals surface area contributed by atoms with Crippen LogP contribution in [0, 0.1) is 20.8 Å². The number of nitrogens with two attached hydrogens (primary N) is 1. The number of amides is 1. The molecule has 2 aromatic carbocycles. The fraction of sp³-hybridized carbons (Fsp3) is 0.188. The first-order valence-corrected chi connectivity index (χ1v) is 7.37. The molecule has 0 spiro atoms. The van der Waals surface area contributed by atoms with E-state index < -0.39 is 0 Å². The Balaban J connectivity index is 2.35. The molecule has 0 radical (unpaired) electrons. The van der Waals surface area contributed by atoms with Gasteiger partial charge in [0, 0.05) is 4.47 Å². The van der Waals surface area contributed by atoms with Gasteiger partial charge in [-0.05, 0) is 71.6 Å². The van der Waals surface area contributed by atoms with Crippen molar-refractivity contribution in [2.75, 3.05) is 10.7 Å². The van der Waals surface area contributed by atoms with Gasteiger partial charge in [-0.25, -0.2) is 0 Å². The summed E-state index contributed by atoms with van der Waals surface area (Å²) in [6, 6.07) is 9.48. The first-order chi connectivity index (χ1) is 9.92. The number of hydrazine groups is 1. The molecule has 5 heteroatoms. The van der Waals surface area contributed by atoms with E-state index in [1.54, 1.807) is 6.07 Å². The lowest BCUT2D eigenvalue weighted by Crippen LogP contribution is -2.18. The molecule has 0 heterocycles. The molecule has 1 amide bonds. The van der Waals surface area contributed by atoms with Gasteiger partial charge in [-0.1, -0.05) is 12.1 Å². The highest BCUT2D eigenvalue weighted by Gasteiger charge is 2.14. The maximum Gasteiger partial charge on any atom is 0.257 e. The Morgan fingerprint density at radius 3 is 2.43 bits per heavy atom. The zero-order valence-corrected chi connectivity index (χ0v) is 13.8. The molecule has 4 nitrogen and oxygen atoms in total. The lowest BCUT2D eigenvalue weighted by molar-refractivity contribution is 0.102. The van der Waals surface area contributed by atoms with Crippen LogP contribution in [0.4, 0.5) is 11.4 Å². The minimum absolute atomic E-state index is 0.199. The van der Waals surface area contributed by atoms with Crippen molar-refractivity contribution in [3.63, 3.8) is 0 Å². The van der Waals surface area contributed by atoms with Gasteiger partial charge in [-0.15, -0.1) is 0 Å². The van der Waals surface area contributed by atoms with Gasteiger partial charge in [0.15, 0.2) is 0 Å². The SMILES string of the molecule is Cc1cc(C)c(NC(=O)c2ccc(C)cc2NN)c(Br)c1. The Labute approximate surface area is 132 Å². The molecule has 0 aromatic heterocycles. The van der Waals surface area contributed by atoms with Crippen molar-refractivity contribution in [1.29, 1.82) is 0 Å². The van der Waals surface area contributed by atoms with Gasteiger partial charge >= 0.3 is 0 Å². The molecule has 21 heavy (non-hydrogen) atoms. The molecule has 0 aliphatic carbocycles. The number of carbonyl (C=O) groups is 1. The Hall–Kier alpha value is -1.85. The molecule has 0 saturated heterocycles. The molecule has 0 bridgehead atoms. The minimum atomic E-state index is -0.199. The van der Waals surface area contributed by atoms with Crippen LogP contribution in [0.15, 0.2) is 34.8 Å². The molecule has 0 atom stereocenters. The van der Waals surface area contributed by atoms with Crippen molar-refractivity contribution < 1.29 is 4.79 Å². The zero-order chi connectivity index (χ0) is 15.6. The van der Waals surface area contributed by atoms with Gasteiger partial charge < -0.3 is 10.7 Å². The monoisotopic (exact) mass is 347 g/mol. The van der Waals surface area contributed by atoms with Crippen molar-refractivity contribution >= 4 is 33.2 Å². The van der Waals surface area contributed by atoms with E-state index >= 15 is 0 Å². The van der Waals surface area contributed by atoms with Gasteiger partial charge in [0.25, 0.3) is 5.91 Å². The predicted molar refractivity (Wildman–Crippen MR) is 90.6 cm³/mol. The second-order valence-corrected chi connectivity index (χ2v) is 5.94. The Kier molecular flexibility index (Phi) is 4.65.